The molecule has 0 saturated heterocycles. The number of carbonyl (C=O) groups is 1. The van der Waals surface area contributed by atoms with Crippen LogP contribution in [0.3, 0.4) is 0 Å². The molecule has 142 valence electrons. The van der Waals surface area contributed by atoms with Gasteiger partial charge in [0.1, 0.15) is 10.9 Å². The van der Waals surface area contributed by atoms with Gasteiger partial charge in [0.15, 0.2) is 0 Å². The Morgan fingerprint density at radius 1 is 1.21 bits per heavy atom. The standard InChI is InChI=1S/C22H20ClN3O2/c1-3-21(27)26-20(13-19(25-26)14-7-5-4-6-8-14)17-12-15-11-16(28-2)9-10-18(15)24-22(17)23/h4-12,20H,3,13H2,1-2H3/t20-/m0/s1. The summed E-state index contributed by atoms with van der Waals surface area (Å²) in [5.41, 5.74) is 3.45. The Hall–Kier alpha value is -2.92. The number of pyridine rings is 1. The molecule has 6 heteroatoms. The number of fused-ring (bicyclic) bond motifs is 1. The zero-order valence-electron chi connectivity index (χ0n) is 15.7. The molecule has 0 N–H and O–H groups in total. The van der Waals surface area contributed by atoms with Gasteiger partial charge >= 0.3 is 0 Å². The first kappa shape index (κ1) is 18.4. The highest BCUT2D eigenvalue weighted by atomic mass is 35.5. The molecule has 2 aromatic carbocycles. The lowest BCUT2D eigenvalue weighted by atomic mass is 9.98. The van der Waals surface area contributed by atoms with Crippen molar-refractivity contribution in [2.24, 2.45) is 5.10 Å². The molecule has 1 amide bonds. The smallest absolute Gasteiger partial charge is 0.242 e. The van der Waals surface area contributed by atoms with Crippen LogP contribution < -0.4 is 4.74 Å². The van der Waals surface area contributed by atoms with Crippen molar-refractivity contribution >= 4 is 34.1 Å². The molecule has 4 rings (SSSR count). The quantitative estimate of drug-likeness (QED) is 0.587. The Labute approximate surface area is 168 Å². The maximum absolute atomic E-state index is 12.6. The fraction of sp³-hybridized carbons (Fsp3) is 0.227. The molecular weight excluding hydrogens is 374 g/mol. The lowest BCUT2D eigenvalue weighted by Crippen LogP contribution is -2.26. The number of hydrogen-bond donors (Lipinski definition) is 0. The molecule has 0 radical (unpaired) electrons. The first-order valence-corrected chi connectivity index (χ1v) is 9.57. The van der Waals surface area contributed by atoms with E-state index in [1.165, 1.54) is 0 Å². The minimum atomic E-state index is -0.279. The summed E-state index contributed by atoms with van der Waals surface area (Å²) < 4.78 is 5.32. The van der Waals surface area contributed by atoms with Gasteiger partial charge in [0.25, 0.3) is 0 Å². The van der Waals surface area contributed by atoms with Crippen LogP contribution in [0.25, 0.3) is 10.9 Å². The van der Waals surface area contributed by atoms with Crippen molar-refractivity contribution in [3.05, 3.63) is 70.9 Å². The van der Waals surface area contributed by atoms with Crippen LogP contribution in [0.1, 0.15) is 36.9 Å². The molecule has 2 heterocycles. The summed E-state index contributed by atoms with van der Waals surface area (Å²) in [4.78, 5) is 17.1. The molecule has 0 fully saturated rings. The second-order valence-electron chi connectivity index (χ2n) is 6.65. The predicted octanol–water partition coefficient (Wildman–Crippen LogP) is 4.98. The molecule has 0 bridgehead atoms. The first-order valence-electron chi connectivity index (χ1n) is 9.20. The van der Waals surface area contributed by atoms with E-state index in [0.29, 0.717) is 18.0 Å². The topological polar surface area (TPSA) is 54.8 Å². The Balaban J connectivity index is 1.78. The van der Waals surface area contributed by atoms with Gasteiger partial charge in [-0.1, -0.05) is 48.9 Å². The van der Waals surface area contributed by atoms with E-state index in [9.17, 15) is 4.79 Å². The average Bonchev–Trinajstić information content (AvgIpc) is 3.18. The summed E-state index contributed by atoms with van der Waals surface area (Å²) in [5, 5.41) is 7.49. The number of ether oxygens (including phenoxy) is 1. The summed E-state index contributed by atoms with van der Waals surface area (Å²) in [7, 11) is 1.63. The Morgan fingerprint density at radius 3 is 2.71 bits per heavy atom. The Bertz CT molecular complexity index is 1070. The van der Waals surface area contributed by atoms with Gasteiger partial charge in [-0.3, -0.25) is 4.79 Å². The maximum atomic E-state index is 12.6. The summed E-state index contributed by atoms with van der Waals surface area (Å²) in [5.74, 6) is 0.703. The number of hydrazone groups is 1. The number of rotatable bonds is 4. The third-order valence-electron chi connectivity index (χ3n) is 4.94. The van der Waals surface area contributed by atoms with E-state index in [0.717, 1.165) is 33.5 Å². The first-order chi connectivity index (χ1) is 13.6. The molecule has 1 aliphatic heterocycles. The van der Waals surface area contributed by atoms with E-state index in [1.54, 1.807) is 12.1 Å². The van der Waals surface area contributed by atoms with Gasteiger partial charge in [0, 0.05) is 23.8 Å². The van der Waals surface area contributed by atoms with Crippen molar-refractivity contribution in [1.29, 1.82) is 0 Å². The number of methoxy groups -OCH3 is 1. The molecule has 28 heavy (non-hydrogen) atoms. The largest absolute Gasteiger partial charge is 0.497 e. The van der Waals surface area contributed by atoms with E-state index in [4.69, 9.17) is 16.3 Å². The van der Waals surface area contributed by atoms with Crippen molar-refractivity contribution in [2.45, 2.75) is 25.8 Å². The molecule has 1 atom stereocenters. The molecule has 1 aromatic heterocycles. The van der Waals surface area contributed by atoms with E-state index < -0.39 is 0 Å². The molecule has 0 saturated carbocycles. The highest BCUT2D eigenvalue weighted by Crippen LogP contribution is 2.37. The van der Waals surface area contributed by atoms with Gasteiger partial charge in [0.05, 0.1) is 24.4 Å². The number of aromatic nitrogens is 1. The minimum absolute atomic E-state index is 0.0438. The van der Waals surface area contributed by atoms with Crippen molar-refractivity contribution in [3.63, 3.8) is 0 Å². The third kappa shape index (κ3) is 3.34. The van der Waals surface area contributed by atoms with E-state index >= 15 is 0 Å². The second-order valence-corrected chi connectivity index (χ2v) is 7.01. The fourth-order valence-corrected chi connectivity index (χ4v) is 3.73. The number of nitrogens with zero attached hydrogens (tertiary/aromatic N) is 3. The Kier molecular flexibility index (Phi) is 5.01. The van der Waals surface area contributed by atoms with Gasteiger partial charge < -0.3 is 4.74 Å². The summed E-state index contributed by atoms with van der Waals surface area (Å²) >= 11 is 6.53. The van der Waals surface area contributed by atoms with Crippen molar-refractivity contribution < 1.29 is 9.53 Å². The predicted molar refractivity (Wildman–Crippen MR) is 111 cm³/mol. The van der Waals surface area contributed by atoms with Crippen LogP contribution in [-0.2, 0) is 4.79 Å². The lowest BCUT2D eigenvalue weighted by Gasteiger charge is -2.22. The van der Waals surface area contributed by atoms with E-state index in [-0.39, 0.29) is 11.9 Å². The number of halogens is 1. The molecule has 1 aliphatic rings. The maximum Gasteiger partial charge on any atom is 0.242 e. The normalized spacial score (nSPS) is 16.3. The van der Waals surface area contributed by atoms with Crippen LogP contribution in [0.2, 0.25) is 5.15 Å². The highest BCUT2D eigenvalue weighted by molar-refractivity contribution is 6.30. The molecule has 0 spiro atoms. The SMILES string of the molecule is CCC(=O)N1N=C(c2ccccc2)C[C@H]1c1cc2cc(OC)ccc2nc1Cl. The van der Waals surface area contributed by atoms with Crippen LogP contribution in [0.5, 0.6) is 5.75 Å². The van der Waals surface area contributed by atoms with Crippen LogP contribution in [-0.4, -0.2) is 28.7 Å². The van der Waals surface area contributed by atoms with Gasteiger partial charge in [-0.05, 0) is 29.8 Å². The molecule has 3 aromatic rings. The van der Waals surface area contributed by atoms with Crippen molar-refractivity contribution in [1.82, 2.24) is 9.99 Å². The molecular formula is C22H20ClN3O2. The summed E-state index contributed by atoms with van der Waals surface area (Å²) in [6, 6.07) is 17.2. The van der Waals surface area contributed by atoms with Gasteiger partial charge in [-0.25, -0.2) is 9.99 Å². The van der Waals surface area contributed by atoms with Gasteiger partial charge in [-0.2, -0.15) is 5.10 Å². The van der Waals surface area contributed by atoms with Crippen LogP contribution in [0.4, 0.5) is 0 Å². The van der Waals surface area contributed by atoms with Gasteiger partial charge in [0.2, 0.25) is 5.91 Å². The molecule has 0 aliphatic carbocycles. The third-order valence-corrected chi connectivity index (χ3v) is 5.24. The van der Waals surface area contributed by atoms with E-state index in [1.807, 2.05) is 61.5 Å². The highest BCUT2D eigenvalue weighted by Gasteiger charge is 2.34. The fourth-order valence-electron chi connectivity index (χ4n) is 3.46. The summed E-state index contributed by atoms with van der Waals surface area (Å²) in [6.07, 6.45) is 0.959. The zero-order valence-corrected chi connectivity index (χ0v) is 16.5. The number of benzene rings is 2. The van der Waals surface area contributed by atoms with Crippen LogP contribution in [0.15, 0.2) is 59.7 Å². The van der Waals surface area contributed by atoms with Crippen LogP contribution in [0, 0.1) is 0 Å². The van der Waals surface area contributed by atoms with E-state index in [2.05, 4.69) is 10.1 Å². The van der Waals surface area contributed by atoms with Crippen LogP contribution >= 0.6 is 11.6 Å². The Morgan fingerprint density at radius 2 is 2.00 bits per heavy atom. The molecule has 0 unspecified atom stereocenters. The summed E-state index contributed by atoms with van der Waals surface area (Å²) in [6.45, 7) is 1.83. The lowest BCUT2D eigenvalue weighted by molar-refractivity contribution is -0.132. The van der Waals surface area contributed by atoms with Crippen molar-refractivity contribution in [2.75, 3.05) is 7.11 Å². The number of hydrogen-bond acceptors (Lipinski definition) is 4. The number of carbonyl (C=O) groups excluding carboxylic acids is 1. The van der Waals surface area contributed by atoms with Gasteiger partial charge in [-0.15, -0.1) is 0 Å². The average molecular weight is 394 g/mol. The molecule has 5 nitrogen and oxygen atoms in total. The minimum Gasteiger partial charge on any atom is -0.497 e. The monoisotopic (exact) mass is 393 g/mol. The number of amides is 1. The zero-order chi connectivity index (χ0) is 19.7. The second kappa shape index (κ2) is 7.60. The van der Waals surface area contributed by atoms with Crippen molar-refractivity contribution in [3.8, 4) is 5.75 Å².